The van der Waals surface area contributed by atoms with Gasteiger partial charge in [-0.25, -0.2) is 8.42 Å². The number of likely N-dealkylation sites (tertiary alicyclic amines) is 1. The lowest BCUT2D eigenvalue weighted by atomic mass is 9.98. The highest BCUT2D eigenvalue weighted by atomic mass is 32.2. The Morgan fingerprint density at radius 2 is 1.86 bits per heavy atom. The zero-order valence-electron chi connectivity index (χ0n) is 21.1. The number of hydrogen-bond acceptors (Lipinski definition) is 5. The van der Waals surface area contributed by atoms with E-state index in [4.69, 9.17) is 4.74 Å². The standard InChI is InChI=1S/C28H35NO5S/c1-21(30)29-19-24(20-29)11-10-23-13-16-26(17-14-23)25-9-5-7-22(12-15-25)8-6-18-28(2,27(31)34-3)35(4,32)33/h7,13-17,24H,5-6,8-9,12,18-20H2,1-4H3. The summed E-state index contributed by atoms with van der Waals surface area (Å²) in [6.07, 6.45) is 9.87. The summed E-state index contributed by atoms with van der Waals surface area (Å²) in [7, 11) is -2.35. The average molecular weight is 498 g/mol. The Kier molecular flexibility index (Phi) is 8.60. The molecule has 7 heteroatoms. The van der Waals surface area contributed by atoms with Crippen LogP contribution in [0.2, 0.25) is 0 Å². The highest BCUT2D eigenvalue weighted by molar-refractivity contribution is 7.92. The van der Waals surface area contributed by atoms with Crippen molar-refractivity contribution in [1.82, 2.24) is 4.90 Å². The molecule has 0 bridgehead atoms. The minimum atomic E-state index is -3.58. The highest BCUT2D eigenvalue weighted by Crippen LogP contribution is 2.30. The van der Waals surface area contributed by atoms with Crippen LogP contribution in [-0.2, 0) is 24.2 Å². The molecule has 1 aromatic carbocycles. The van der Waals surface area contributed by atoms with Gasteiger partial charge in [-0.1, -0.05) is 41.7 Å². The van der Waals surface area contributed by atoms with E-state index in [2.05, 4.69) is 36.1 Å². The molecule has 1 unspecified atom stereocenters. The molecule has 1 aliphatic carbocycles. The van der Waals surface area contributed by atoms with E-state index < -0.39 is 20.6 Å². The summed E-state index contributed by atoms with van der Waals surface area (Å²) in [5.41, 5.74) is 4.72. The van der Waals surface area contributed by atoms with Crippen LogP contribution in [0.1, 0.15) is 63.5 Å². The molecule has 6 nitrogen and oxygen atoms in total. The van der Waals surface area contributed by atoms with Gasteiger partial charge in [0.25, 0.3) is 0 Å². The first-order chi connectivity index (χ1) is 16.5. The first-order valence-corrected chi connectivity index (χ1v) is 13.9. The number of amides is 1. The lowest BCUT2D eigenvalue weighted by molar-refractivity contribution is -0.143. The van der Waals surface area contributed by atoms with Crippen LogP contribution < -0.4 is 0 Å². The molecule has 2 aliphatic rings. The fourth-order valence-corrected chi connectivity index (χ4v) is 5.33. The van der Waals surface area contributed by atoms with Crippen LogP contribution in [0.15, 0.2) is 42.0 Å². The van der Waals surface area contributed by atoms with Crippen LogP contribution in [0.3, 0.4) is 0 Å². The minimum Gasteiger partial charge on any atom is -0.468 e. The first kappa shape index (κ1) is 26.7. The van der Waals surface area contributed by atoms with Gasteiger partial charge in [0.1, 0.15) is 0 Å². The molecule has 1 atom stereocenters. The normalized spacial score (nSPS) is 18.1. The van der Waals surface area contributed by atoms with Crippen molar-refractivity contribution in [2.75, 3.05) is 26.5 Å². The molecule has 3 rings (SSSR count). The molecular weight excluding hydrogens is 462 g/mol. The second-order valence-corrected chi connectivity index (χ2v) is 12.1. The van der Waals surface area contributed by atoms with E-state index in [9.17, 15) is 18.0 Å². The van der Waals surface area contributed by atoms with Gasteiger partial charge in [0.05, 0.1) is 13.0 Å². The van der Waals surface area contributed by atoms with Crippen molar-refractivity contribution in [2.24, 2.45) is 5.92 Å². The van der Waals surface area contributed by atoms with Crippen molar-refractivity contribution in [1.29, 1.82) is 0 Å². The van der Waals surface area contributed by atoms with E-state index in [1.54, 1.807) is 11.8 Å². The predicted molar refractivity (Wildman–Crippen MR) is 138 cm³/mol. The van der Waals surface area contributed by atoms with E-state index in [0.29, 0.717) is 6.42 Å². The number of hydrogen-bond donors (Lipinski definition) is 0. The molecular formula is C28H35NO5S. The summed E-state index contributed by atoms with van der Waals surface area (Å²) < 4.78 is 27.6. The van der Waals surface area contributed by atoms with Crippen molar-refractivity contribution >= 4 is 27.3 Å². The SMILES string of the molecule is COC(=O)C(C)(CCCC1=CCCC(c2ccc(C#CC3CN(C(C)=O)C3)cc2)=CC1)S(C)(=O)=O. The molecule has 1 saturated heterocycles. The second-order valence-electron chi connectivity index (χ2n) is 9.65. The Morgan fingerprint density at radius 3 is 2.46 bits per heavy atom. The summed E-state index contributed by atoms with van der Waals surface area (Å²) in [5.74, 6) is 6.14. The molecule has 1 aliphatic heterocycles. The van der Waals surface area contributed by atoms with E-state index in [0.717, 1.165) is 50.6 Å². The quantitative estimate of drug-likeness (QED) is 0.321. The van der Waals surface area contributed by atoms with Crippen LogP contribution in [0.25, 0.3) is 5.57 Å². The van der Waals surface area contributed by atoms with Gasteiger partial charge in [0.15, 0.2) is 14.6 Å². The van der Waals surface area contributed by atoms with Gasteiger partial charge in [-0.3, -0.25) is 9.59 Å². The molecule has 188 valence electrons. The van der Waals surface area contributed by atoms with Crippen LogP contribution in [-0.4, -0.2) is 56.4 Å². The van der Waals surface area contributed by atoms with Crippen LogP contribution in [0.4, 0.5) is 0 Å². The molecule has 35 heavy (non-hydrogen) atoms. The van der Waals surface area contributed by atoms with Crippen molar-refractivity contribution in [3.8, 4) is 11.8 Å². The number of esters is 1. The zero-order valence-corrected chi connectivity index (χ0v) is 21.9. The Bertz CT molecular complexity index is 1180. The summed E-state index contributed by atoms with van der Waals surface area (Å²) >= 11 is 0. The summed E-state index contributed by atoms with van der Waals surface area (Å²) in [5, 5.41) is 0. The zero-order chi connectivity index (χ0) is 25.6. The third-order valence-electron chi connectivity index (χ3n) is 7.05. The van der Waals surface area contributed by atoms with Crippen LogP contribution in [0, 0.1) is 17.8 Å². The molecule has 0 N–H and O–H groups in total. The number of ether oxygens (including phenoxy) is 1. The van der Waals surface area contributed by atoms with Gasteiger partial charge in [0.2, 0.25) is 5.91 Å². The number of nitrogens with zero attached hydrogens (tertiary/aromatic N) is 1. The van der Waals surface area contributed by atoms with Gasteiger partial charge >= 0.3 is 5.97 Å². The maximum Gasteiger partial charge on any atom is 0.326 e. The number of rotatable bonds is 7. The fourth-order valence-electron chi connectivity index (χ4n) is 4.43. The lowest BCUT2D eigenvalue weighted by Gasteiger charge is -2.35. The summed E-state index contributed by atoms with van der Waals surface area (Å²) in [4.78, 5) is 25.2. The maximum absolute atomic E-state index is 12.2. The van der Waals surface area contributed by atoms with E-state index >= 15 is 0 Å². The van der Waals surface area contributed by atoms with Crippen LogP contribution >= 0.6 is 0 Å². The average Bonchev–Trinajstić information content (AvgIpc) is 3.02. The topological polar surface area (TPSA) is 80.8 Å². The van der Waals surface area contributed by atoms with Gasteiger partial charge in [-0.15, -0.1) is 0 Å². The molecule has 0 saturated carbocycles. The first-order valence-electron chi connectivity index (χ1n) is 12.1. The number of allylic oxidation sites excluding steroid dienone is 4. The van der Waals surface area contributed by atoms with Gasteiger partial charge in [-0.2, -0.15) is 0 Å². The minimum absolute atomic E-state index is 0.107. The van der Waals surface area contributed by atoms with Crippen molar-refractivity contribution < 1.29 is 22.7 Å². The molecule has 1 aromatic rings. The molecule has 1 heterocycles. The molecule has 0 spiro atoms. The summed E-state index contributed by atoms with van der Waals surface area (Å²) in [6, 6.07) is 8.31. The van der Waals surface area contributed by atoms with Crippen LogP contribution in [0.5, 0.6) is 0 Å². The van der Waals surface area contributed by atoms with Crippen molar-refractivity contribution in [2.45, 2.75) is 57.1 Å². The molecule has 0 radical (unpaired) electrons. The lowest BCUT2D eigenvalue weighted by Crippen LogP contribution is -2.48. The second kappa shape index (κ2) is 11.3. The van der Waals surface area contributed by atoms with Crippen molar-refractivity contribution in [3.05, 3.63) is 53.1 Å². The van der Waals surface area contributed by atoms with Crippen molar-refractivity contribution in [3.63, 3.8) is 0 Å². The highest BCUT2D eigenvalue weighted by Gasteiger charge is 2.44. The van der Waals surface area contributed by atoms with E-state index in [1.165, 1.54) is 30.7 Å². The molecule has 0 aromatic heterocycles. The van der Waals surface area contributed by atoms with Gasteiger partial charge in [-0.05, 0) is 68.7 Å². The third-order valence-corrected chi connectivity index (χ3v) is 9.06. The molecule has 1 fully saturated rings. The Labute approximate surface area is 209 Å². The number of methoxy groups -OCH3 is 1. The van der Waals surface area contributed by atoms with Gasteiger partial charge in [0, 0.05) is 31.8 Å². The number of benzene rings is 1. The third kappa shape index (κ3) is 6.64. The monoisotopic (exact) mass is 497 g/mol. The number of carbonyl (C=O) groups excluding carboxylic acids is 2. The smallest absolute Gasteiger partial charge is 0.326 e. The number of sulfone groups is 1. The van der Waals surface area contributed by atoms with Gasteiger partial charge < -0.3 is 9.64 Å². The number of carbonyl (C=O) groups is 2. The molecule has 1 amide bonds. The van der Waals surface area contributed by atoms with E-state index in [1.807, 2.05) is 12.1 Å². The van der Waals surface area contributed by atoms with E-state index in [-0.39, 0.29) is 18.2 Å². The predicted octanol–water partition coefficient (Wildman–Crippen LogP) is 4.16. The fraction of sp³-hybridized carbons (Fsp3) is 0.500. The Hall–Kier alpha value is -2.85. The Morgan fingerprint density at radius 1 is 1.17 bits per heavy atom. The Balaban J connectivity index is 1.54. The largest absolute Gasteiger partial charge is 0.468 e. The maximum atomic E-state index is 12.2. The summed E-state index contributed by atoms with van der Waals surface area (Å²) in [6.45, 7) is 4.48.